The van der Waals surface area contributed by atoms with Crippen molar-refractivity contribution in [3.05, 3.63) is 95.5 Å². The average Bonchev–Trinajstić information content (AvgIpc) is 3.42. The average molecular weight is 431 g/mol. The summed E-state index contributed by atoms with van der Waals surface area (Å²) in [6.07, 6.45) is 3.46. The number of rotatable bonds is 8. The van der Waals surface area contributed by atoms with Crippen LogP contribution in [0.2, 0.25) is 0 Å². The number of unbranched alkanes of at least 4 members (excludes halogenated alkanes) is 1. The monoisotopic (exact) mass is 431 g/mol. The molecule has 1 aliphatic rings. The summed E-state index contributed by atoms with van der Waals surface area (Å²) in [5.41, 5.74) is 1.21. The van der Waals surface area contributed by atoms with Crippen LogP contribution in [0.4, 0.5) is 0 Å². The fourth-order valence-corrected chi connectivity index (χ4v) is 3.82. The normalized spacial score (nSPS) is 17.7. The molecule has 1 aliphatic heterocycles. The molecule has 1 saturated heterocycles. The Balaban J connectivity index is 1.79. The number of furan rings is 1. The van der Waals surface area contributed by atoms with E-state index in [2.05, 4.69) is 6.92 Å². The lowest BCUT2D eigenvalue weighted by atomic mass is 9.95. The van der Waals surface area contributed by atoms with Crippen LogP contribution in [0.15, 0.2) is 83.0 Å². The first kappa shape index (κ1) is 21.4. The van der Waals surface area contributed by atoms with E-state index in [9.17, 15) is 14.7 Å². The molecule has 0 aliphatic carbocycles. The fraction of sp³-hybridized carbons (Fsp3) is 0.231. The van der Waals surface area contributed by atoms with Crippen molar-refractivity contribution in [3.8, 4) is 5.75 Å². The number of aliphatic hydroxyl groups excluding tert-OH is 1. The lowest BCUT2D eigenvalue weighted by Crippen LogP contribution is -2.29. The van der Waals surface area contributed by atoms with Crippen LogP contribution in [0.1, 0.15) is 42.7 Å². The molecule has 1 atom stereocenters. The number of nitrogens with zero attached hydrogens (tertiary/aromatic N) is 1. The largest absolute Gasteiger partial charge is 0.507 e. The van der Waals surface area contributed by atoms with Crippen molar-refractivity contribution >= 4 is 17.4 Å². The van der Waals surface area contributed by atoms with Gasteiger partial charge in [0.1, 0.15) is 17.3 Å². The molecule has 0 radical (unpaired) electrons. The molecule has 1 amide bonds. The predicted molar refractivity (Wildman–Crippen MR) is 120 cm³/mol. The smallest absolute Gasteiger partial charge is 0.296 e. The van der Waals surface area contributed by atoms with Crippen molar-refractivity contribution in [2.75, 3.05) is 6.61 Å². The zero-order valence-corrected chi connectivity index (χ0v) is 17.9. The Bertz CT molecular complexity index is 1120. The third kappa shape index (κ3) is 4.30. The van der Waals surface area contributed by atoms with Gasteiger partial charge in [-0.15, -0.1) is 0 Å². The molecule has 0 saturated carbocycles. The van der Waals surface area contributed by atoms with E-state index < -0.39 is 17.7 Å². The number of hydrogen-bond donors (Lipinski definition) is 1. The molecule has 164 valence electrons. The van der Waals surface area contributed by atoms with Gasteiger partial charge in [0, 0.05) is 5.56 Å². The van der Waals surface area contributed by atoms with E-state index in [1.54, 1.807) is 36.4 Å². The second-order valence-corrected chi connectivity index (χ2v) is 7.65. The molecule has 2 aromatic carbocycles. The number of amides is 1. The Morgan fingerprint density at radius 2 is 1.88 bits per heavy atom. The highest BCUT2D eigenvalue weighted by atomic mass is 16.5. The van der Waals surface area contributed by atoms with Gasteiger partial charge in [0.05, 0.1) is 31.0 Å². The van der Waals surface area contributed by atoms with Crippen LogP contribution < -0.4 is 4.74 Å². The van der Waals surface area contributed by atoms with E-state index in [0.717, 1.165) is 12.8 Å². The maximum absolute atomic E-state index is 13.1. The molecule has 1 aromatic heterocycles. The lowest BCUT2D eigenvalue weighted by molar-refractivity contribution is -0.140. The number of hydrogen-bond acceptors (Lipinski definition) is 5. The van der Waals surface area contributed by atoms with Crippen LogP contribution >= 0.6 is 0 Å². The van der Waals surface area contributed by atoms with Crippen molar-refractivity contribution < 1.29 is 23.8 Å². The van der Waals surface area contributed by atoms with E-state index in [0.29, 0.717) is 29.2 Å². The first-order valence-electron chi connectivity index (χ1n) is 10.7. The topological polar surface area (TPSA) is 80.0 Å². The molecule has 0 spiro atoms. The Hall–Kier alpha value is -3.80. The predicted octanol–water partition coefficient (Wildman–Crippen LogP) is 5.08. The molecule has 32 heavy (non-hydrogen) atoms. The molecule has 1 fully saturated rings. The molecule has 3 aromatic rings. The van der Waals surface area contributed by atoms with Gasteiger partial charge in [-0.05, 0) is 36.2 Å². The van der Waals surface area contributed by atoms with Crippen LogP contribution in [0.3, 0.4) is 0 Å². The highest BCUT2D eigenvalue weighted by molar-refractivity contribution is 6.46. The molecule has 4 rings (SSSR count). The summed E-state index contributed by atoms with van der Waals surface area (Å²) in [6, 6.07) is 18.8. The van der Waals surface area contributed by atoms with E-state index >= 15 is 0 Å². The number of Topliss-reactive ketones (excluding diaryl/α,β-unsaturated/α-hetero) is 1. The standard InChI is InChI=1S/C26H25NO5/c1-2-3-14-31-20-12-7-11-19(16-20)23-22(24(28)18-9-5-4-6-10-18)25(29)26(30)27(23)17-21-13-8-15-32-21/h4-13,15-16,23,28H,2-3,14,17H2,1H3. The SMILES string of the molecule is CCCCOc1cccc(C2C(=C(O)c3ccccc3)C(=O)C(=O)N2Cc2ccco2)c1. The number of carbonyl (C=O) groups excluding carboxylic acids is 2. The van der Waals surface area contributed by atoms with Crippen LogP contribution in [0.25, 0.3) is 5.76 Å². The summed E-state index contributed by atoms with van der Waals surface area (Å²) in [5.74, 6) is -0.402. The number of ketones is 1. The van der Waals surface area contributed by atoms with Gasteiger partial charge in [0.25, 0.3) is 11.7 Å². The second kappa shape index (κ2) is 9.56. The molecule has 1 unspecified atom stereocenters. The van der Waals surface area contributed by atoms with Gasteiger partial charge in [0.15, 0.2) is 0 Å². The third-order valence-corrected chi connectivity index (χ3v) is 5.43. The van der Waals surface area contributed by atoms with Crippen molar-refractivity contribution in [1.29, 1.82) is 0 Å². The zero-order chi connectivity index (χ0) is 22.5. The van der Waals surface area contributed by atoms with E-state index in [-0.39, 0.29) is 17.9 Å². The maximum Gasteiger partial charge on any atom is 0.296 e. The first-order chi connectivity index (χ1) is 15.6. The summed E-state index contributed by atoms with van der Waals surface area (Å²) in [7, 11) is 0. The minimum absolute atomic E-state index is 0.0541. The number of ether oxygens (including phenoxy) is 1. The highest BCUT2D eigenvalue weighted by Crippen LogP contribution is 2.41. The number of carbonyl (C=O) groups is 2. The van der Waals surface area contributed by atoms with E-state index in [4.69, 9.17) is 9.15 Å². The molecule has 6 nitrogen and oxygen atoms in total. The van der Waals surface area contributed by atoms with Gasteiger partial charge in [-0.25, -0.2) is 0 Å². The van der Waals surface area contributed by atoms with E-state index in [1.807, 2.05) is 30.3 Å². The van der Waals surface area contributed by atoms with Crippen LogP contribution in [-0.4, -0.2) is 28.3 Å². The molecular formula is C26H25NO5. The molecule has 6 heteroatoms. The van der Waals surface area contributed by atoms with E-state index in [1.165, 1.54) is 11.2 Å². The number of aliphatic hydroxyl groups is 1. The van der Waals surface area contributed by atoms with Crippen molar-refractivity contribution in [2.24, 2.45) is 0 Å². The highest BCUT2D eigenvalue weighted by Gasteiger charge is 2.46. The minimum Gasteiger partial charge on any atom is -0.507 e. The molecule has 2 heterocycles. The van der Waals surface area contributed by atoms with Gasteiger partial charge in [-0.1, -0.05) is 55.8 Å². The Morgan fingerprint density at radius 1 is 1.06 bits per heavy atom. The number of benzene rings is 2. The zero-order valence-electron chi connectivity index (χ0n) is 17.9. The Morgan fingerprint density at radius 3 is 2.59 bits per heavy atom. The Labute approximate surface area is 186 Å². The second-order valence-electron chi connectivity index (χ2n) is 7.65. The van der Waals surface area contributed by atoms with Crippen molar-refractivity contribution in [1.82, 2.24) is 4.90 Å². The minimum atomic E-state index is -0.768. The summed E-state index contributed by atoms with van der Waals surface area (Å²) >= 11 is 0. The summed E-state index contributed by atoms with van der Waals surface area (Å²) in [4.78, 5) is 27.5. The van der Waals surface area contributed by atoms with Gasteiger partial charge >= 0.3 is 0 Å². The molecule has 0 bridgehead atoms. The van der Waals surface area contributed by atoms with Gasteiger partial charge < -0.3 is 19.2 Å². The summed E-state index contributed by atoms with van der Waals surface area (Å²) in [5, 5.41) is 11.1. The van der Waals surface area contributed by atoms with Crippen LogP contribution in [-0.2, 0) is 16.1 Å². The van der Waals surface area contributed by atoms with Crippen molar-refractivity contribution in [3.63, 3.8) is 0 Å². The summed E-state index contributed by atoms with van der Waals surface area (Å²) < 4.78 is 11.3. The van der Waals surface area contributed by atoms with Gasteiger partial charge in [-0.2, -0.15) is 0 Å². The first-order valence-corrected chi connectivity index (χ1v) is 10.7. The third-order valence-electron chi connectivity index (χ3n) is 5.43. The maximum atomic E-state index is 13.1. The lowest BCUT2D eigenvalue weighted by Gasteiger charge is -2.25. The number of likely N-dealkylation sites (tertiary alicyclic amines) is 1. The van der Waals surface area contributed by atoms with Crippen LogP contribution in [0.5, 0.6) is 5.75 Å². The molecular weight excluding hydrogens is 406 g/mol. The quantitative estimate of drug-likeness (QED) is 0.233. The van der Waals surface area contributed by atoms with Crippen LogP contribution in [0, 0.1) is 0 Å². The Kier molecular flexibility index (Phi) is 6.40. The summed E-state index contributed by atoms with van der Waals surface area (Å²) in [6.45, 7) is 2.77. The molecule has 1 N–H and O–H groups in total. The van der Waals surface area contributed by atoms with Gasteiger partial charge in [0.2, 0.25) is 0 Å². The van der Waals surface area contributed by atoms with Gasteiger partial charge in [-0.3, -0.25) is 9.59 Å². The van der Waals surface area contributed by atoms with Crippen molar-refractivity contribution in [2.45, 2.75) is 32.4 Å². The fourth-order valence-electron chi connectivity index (χ4n) is 3.82.